The third-order valence-corrected chi connectivity index (χ3v) is 2.90. The predicted molar refractivity (Wildman–Crippen MR) is 76.1 cm³/mol. The molecule has 1 aromatic heterocycles. The number of aryl methyl sites for hydroxylation is 1. The van der Waals surface area contributed by atoms with Crippen LogP contribution in [0, 0.1) is 6.92 Å². The first-order valence-corrected chi connectivity index (χ1v) is 5.96. The number of carbonyl (C=O) groups excluding carboxylic acids is 1. The lowest BCUT2D eigenvalue weighted by Crippen LogP contribution is -2.14. The molecule has 20 heavy (non-hydrogen) atoms. The van der Waals surface area contributed by atoms with Crippen molar-refractivity contribution in [3.05, 3.63) is 40.5 Å². The van der Waals surface area contributed by atoms with Crippen LogP contribution in [0.1, 0.15) is 15.9 Å². The lowest BCUT2D eigenvalue weighted by Gasteiger charge is -2.09. The molecule has 1 aromatic carbocycles. The minimum atomic E-state index is -0.713. The summed E-state index contributed by atoms with van der Waals surface area (Å²) >= 11 is 5.89. The van der Waals surface area contributed by atoms with E-state index in [0.29, 0.717) is 10.7 Å². The van der Waals surface area contributed by atoms with Gasteiger partial charge in [-0.1, -0.05) is 11.6 Å². The van der Waals surface area contributed by atoms with Gasteiger partial charge in [0.1, 0.15) is 11.4 Å². The van der Waals surface area contributed by atoms with E-state index in [4.69, 9.17) is 27.9 Å². The molecule has 0 aliphatic heterocycles. The minimum absolute atomic E-state index is 0.0136. The molecule has 0 radical (unpaired) electrons. The Hall–Kier alpha value is -2.54. The first-order chi connectivity index (χ1) is 9.47. The molecule has 2 rings (SSSR count). The van der Waals surface area contributed by atoms with Gasteiger partial charge in [0.15, 0.2) is 0 Å². The third-order valence-electron chi connectivity index (χ3n) is 2.48. The molecule has 5 N–H and O–H groups in total. The van der Waals surface area contributed by atoms with E-state index in [0.717, 1.165) is 5.56 Å². The number of nitrogen functional groups attached to an aromatic ring is 2. The van der Waals surface area contributed by atoms with Crippen LogP contribution in [0.2, 0.25) is 5.02 Å². The van der Waals surface area contributed by atoms with Gasteiger partial charge < -0.3 is 16.3 Å². The van der Waals surface area contributed by atoms with Gasteiger partial charge >= 0.3 is 5.97 Å². The highest BCUT2D eigenvalue weighted by molar-refractivity contribution is 6.31. The molecule has 0 bridgehead atoms. The summed E-state index contributed by atoms with van der Waals surface area (Å²) < 4.78 is 0. The highest BCUT2D eigenvalue weighted by Gasteiger charge is 2.14. The second-order valence-electron chi connectivity index (χ2n) is 3.98. The molecule has 1 heterocycles. The SMILES string of the molecule is Cc1cc(NOC(=O)c2cnc(N)nc2N)ccc1Cl. The van der Waals surface area contributed by atoms with Crippen molar-refractivity contribution in [1.29, 1.82) is 0 Å². The molecule has 0 aliphatic rings. The monoisotopic (exact) mass is 293 g/mol. The number of nitrogens with one attached hydrogen (secondary N) is 1. The van der Waals surface area contributed by atoms with Crippen LogP contribution in [0.25, 0.3) is 0 Å². The normalized spacial score (nSPS) is 10.1. The van der Waals surface area contributed by atoms with Crippen LogP contribution in [0.4, 0.5) is 17.5 Å². The van der Waals surface area contributed by atoms with E-state index in [1.165, 1.54) is 6.20 Å². The molecule has 0 amide bonds. The summed E-state index contributed by atoms with van der Waals surface area (Å²) in [5, 5.41) is 0.623. The van der Waals surface area contributed by atoms with Gasteiger partial charge in [0.25, 0.3) is 0 Å². The van der Waals surface area contributed by atoms with Crippen LogP contribution in [-0.4, -0.2) is 15.9 Å². The van der Waals surface area contributed by atoms with Gasteiger partial charge in [-0.3, -0.25) is 0 Å². The molecule has 7 nitrogen and oxygen atoms in total. The van der Waals surface area contributed by atoms with Crippen molar-refractivity contribution in [3.63, 3.8) is 0 Å². The number of aromatic nitrogens is 2. The van der Waals surface area contributed by atoms with E-state index in [1.54, 1.807) is 18.2 Å². The van der Waals surface area contributed by atoms with Crippen LogP contribution in [-0.2, 0) is 4.84 Å². The Morgan fingerprint density at radius 2 is 2.15 bits per heavy atom. The van der Waals surface area contributed by atoms with Crippen LogP contribution < -0.4 is 16.9 Å². The fraction of sp³-hybridized carbons (Fsp3) is 0.0833. The van der Waals surface area contributed by atoms with E-state index in [-0.39, 0.29) is 17.3 Å². The molecule has 104 valence electrons. The number of anilines is 3. The average Bonchev–Trinajstić information content (AvgIpc) is 2.40. The van der Waals surface area contributed by atoms with Gasteiger partial charge in [-0.2, -0.15) is 4.98 Å². The van der Waals surface area contributed by atoms with Crippen molar-refractivity contribution in [2.24, 2.45) is 0 Å². The maximum atomic E-state index is 11.8. The number of hydrogen-bond acceptors (Lipinski definition) is 7. The molecule has 0 atom stereocenters. The third kappa shape index (κ3) is 3.07. The fourth-order valence-corrected chi connectivity index (χ4v) is 1.55. The van der Waals surface area contributed by atoms with Gasteiger partial charge in [-0.25, -0.2) is 15.3 Å². The van der Waals surface area contributed by atoms with Crippen LogP contribution in [0.5, 0.6) is 0 Å². The van der Waals surface area contributed by atoms with Gasteiger partial charge in [0, 0.05) is 11.2 Å². The number of hydrogen-bond donors (Lipinski definition) is 3. The standard InChI is InChI=1S/C12H12ClN5O2/c1-6-4-7(2-3-9(6)13)18-20-11(19)8-5-16-12(15)17-10(8)14/h2-5,18H,1H3,(H4,14,15,16,17). The van der Waals surface area contributed by atoms with Crippen molar-refractivity contribution < 1.29 is 9.63 Å². The highest BCUT2D eigenvalue weighted by atomic mass is 35.5. The maximum absolute atomic E-state index is 11.8. The topological polar surface area (TPSA) is 116 Å². The lowest BCUT2D eigenvalue weighted by atomic mass is 10.2. The summed E-state index contributed by atoms with van der Waals surface area (Å²) in [5.74, 6) is -0.771. The summed E-state index contributed by atoms with van der Waals surface area (Å²) in [4.78, 5) is 24.0. The van der Waals surface area contributed by atoms with Gasteiger partial charge in [-0.15, -0.1) is 0 Å². The molecule has 0 fully saturated rings. The van der Waals surface area contributed by atoms with Gasteiger partial charge in [-0.05, 0) is 30.7 Å². The number of nitrogens with zero attached hydrogens (tertiary/aromatic N) is 2. The Bertz CT molecular complexity index is 662. The van der Waals surface area contributed by atoms with Crippen molar-refractivity contribution in [2.45, 2.75) is 6.92 Å². The highest BCUT2D eigenvalue weighted by Crippen LogP contribution is 2.19. The van der Waals surface area contributed by atoms with Crippen LogP contribution in [0.15, 0.2) is 24.4 Å². The quantitative estimate of drug-likeness (QED) is 0.739. The second kappa shape index (κ2) is 5.62. The summed E-state index contributed by atoms with van der Waals surface area (Å²) in [7, 11) is 0. The van der Waals surface area contributed by atoms with Crippen molar-refractivity contribution in [2.75, 3.05) is 16.9 Å². The fourth-order valence-electron chi connectivity index (χ4n) is 1.44. The molecule has 2 aromatic rings. The predicted octanol–water partition coefficient (Wildman–Crippen LogP) is 1.79. The Kier molecular flexibility index (Phi) is 3.90. The molecular formula is C12H12ClN5O2. The molecule has 0 saturated carbocycles. The Balaban J connectivity index is 2.06. The molecule has 0 unspecified atom stereocenters. The number of carbonyl (C=O) groups is 1. The minimum Gasteiger partial charge on any atom is -0.383 e. The second-order valence-corrected chi connectivity index (χ2v) is 4.39. The van der Waals surface area contributed by atoms with E-state index in [9.17, 15) is 4.79 Å². The number of rotatable bonds is 3. The summed E-state index contributed by atoms with van der Waals surface area (Å²) in [6.45, 7) is 1.83. The zero-order chi connectivity index (χ0) is 14.7. The molecule has 0 spiro atoms. The van der Waals surface area contributed by atoms with E-state index >= 15 is 0 Å². The lowest BCUT2D eigenvalue weighted by molar-refractivity contribution is 0.0597. The molecule has 0 saturated heterocycles. The van der Waals surface area contributed by atoms with E-state index < -0.39 is 5.97 Å². The number of benzene rings is 1. The van der Waals surface area contributed by atoms with Gasteiger partial charge in [0.05, 0.1) is 5.69 Å². The summed E-state index contributed by atoms with van der Waals surface area (Å²) in [6.07, 6.45) is 1.20. The van der Waals surface area contributed by atoms with Crippen LogP contribution >= 0.6 is 11.6 Å². The van der Waals surface area contributed by atoms with Gasteiger partial charge in [0.2, 0.25) is 5.95 Å². The maximum Gasteiger partial charge on any atom is 0.368 e. The summed E-state index contributed by atoms with van der Waals surface area (Å²) in [5.41, 5.74) is 14.9. The Morgan fingerprint density at radius 1 is 1.40 bits per heavy atom. The summed E-state index contributed by atoms with van der Waals surface area (Å²) in [6, 6.07) is 5.09. The van der Waals surface area contributed by atoms with E-state index in [2.05, 4.69) is 15.4 Å². The van der Waals surface area contributed by atoms with Crippen molar-refractivity contribution in [3.8, 4) is 0 Å². The number of halogens is 1. The number of nitrogens with two attached hydrogens (primary N) is 2. The average molecular weight is 294 g/mol. The van der Waals surface area contributed by atoms with Crippen LogP contribution in [0.3, 0.4) is 0 Å². The van der Waals surface area contributed by atoms with E-state index in [1.807, 2.05) is 6.92 Å². The zero-order valence-corrected chi connectivity index (χ0v) is 11.3. The Labute approximate surface area is 119 Å². The smallest absolute Gasteiger partial charge is 0.368 e. The first kappa shape index (κ1) is 13.9. The zero-order valence-electron chi connectivity index (χ0n) is 10.6. The molecule has 0 aliphatic carbocycles. The van der Waals surface area contributed by atoms with Crippen molar-refractivity contribution >= 4 is 35.0 Å². The molecule has 8 heteroatoms. The largest absolute Gasteiger partial charge is 0.383 e. The molecular weight excluding hydrogens is 282 g/mol. The van der Waals surface area contributed by atoms with Crippen molar-refractivity contribution in [1.82, 2.24) is 9.97 Å². The Morgan fingerprint density at radius 3 is 2.80 bits per heavy atom. The first-order valence-electron chi connectivity index (χ1n) is 5.58.